The molecule has 1 atom stereocenters. The van der Waals surface area contributed by atoms with E-state index in [-0.39, 0.29) is 35.6 Å². The van der Waals surface area contributed by atoms with Gasteiger partial charge < -0.3 is 5.32 Å². The second-order valence-corrected chi connectivity index (χ2v) is 8.07. The minimum absolute atomic E-state index is 0.0950. The van der Waals surface area contributed by atoms with Gasteiger partial charge in [0.1, 0.15) is 10.5 Å². The first-order chi connectivity index (χ1) is 13.0. The number of hydrogen-bond donors (Lipinski definition) is 1. The predicted octanol–water partition coefficient (Wildman–Crippen LogP) is 3.65. The van der Waals surface area contributed by atoms with Crippen molar-refractivity contribution in [2.75, 3.05) is 5.75 Å². The quantitative estimate of drug-likeness (QED) is 0.481. The van der Waals surface area contributed by atoms with Crippen LogP contribution in [-0.4, -0.2) is 27.3 Å². The van der Waals surface area contributed by atoms with Crippen LogP contribution in [0.3, 0.4) is 0 Å². The van der Waals surface area contributed by atoms with E-state index in [1.807, 2.05) is 19.2 Å². The number of aromatic nitrogens is 2. The number of nitrogens with one attached hydrogen (secondary N) is 1. The number of halogens is 1. The molecule has 0 saturated heterocycles. The molecule has 0 aliphatic heterocycles. The highest BCUT2D eigenvalue weighted by Gasteiger charge is 2.15. The van der Waals surface area contributed by atoms with Gasteiger partial charge in [-0.15, -0.1) is 11.3 Å². The fraction of sp³-hybridized carbons (Fsp3) is 0.316. The molecule has 3 rings (SSSR count). The largest absolute Gasteiger partial charge is 0.353 e. The minimum atomic E-state index is -0.325. The Kier molecular flexibility index (Phi) is 6.28. The number of fused-ring (bicyclic) bond motifs is 1. The van der Waals surface area contributed by atoms with Gasteiger partial charge in [0.15, 0.2) is 5.16 Å². The van der Waals surface area contributed by atoms with Crippen molar-refractivity contribution in [1.29, 1.82) is 0 Å². The highest BCUT2D eigenvalue weighted by Crippen LogP contribution is 2.21. The second-order valence-electron chi connectivity index (χ2n) is 6.21. The lowest BCUT2D eigenvalue weighted by Gasteiger charge is -2.14. The van der Waals surface area contributed by atoms with Crippen molar-refractivity contribution < 1.29 is 9.18 Å². The molecule has 2 heterocycles. The summed E-state index contributed by atoms with van der Waals surface area (Å²) in [5.74, 6) is -0.243. The molecule has 0 fully saturated rings. The maximum Gasteiger partial charge on any atom is 0.272 e. The van der Waals surface area contributed by atoms with Crippen LogP contribution in [0.2, 0.25) is 0 Å². The summed E-state index contributed by atoms with van der Waals surface area (Å²) in [5, 5.41) is 5.21. The van der Waals surface area contributed by atoms with E-state index in [0.717, 1.165) is 12.0 Å². The summed E-state index contributed by atoms with van der Waals surface area (Å²) >= 11 is 2.57. The third-order valence-electron chi connectivity index (χ3n) is 4.14. The average Bonchev–Trinajstić information content (AvgIpc) is 3.13. The van der Waals surface area contributed by atoms with E-state index in [2.05, 4.69) is 10.3 Å². The van der Waals surface area contributed by atoms with Crippen LogP contribution in [0.5, 0.6) is 0 Å². The van der Waals surface area contributed by atoms with E-state index in [1.54, 1.807) is 22.8 Å². The Morgan fingerprint density at radius 2 is 2.07 bits per heavy atom. The highest BCUT2D eigenvalue weighted by atomic mass is 32.2. The van der Waals surface area contributed by atoms with Crippen molar-refractivity contribution >= 4 is 39.2 Å². The normalized spacial score (nSPS) is 12.3. The van der Waals surface area contributed by atoms with E-state index < -0.39 is 0 Å². The summed E-state index contributed by atoms with van der Waals surface area (Å²) in [6, 6.07) is 7.92. The van der Waals surface area contributed by atoms with Gasteiger partial charge in [-0.3, -0.25) is 14.2 Å². The van der Waals surface area contributed by atoms with Crippen LogP contribution >= 0.6 is 23.1 Å². The molecule has 3 aromatic rings. The summed E-state index contributed by atoms with van der Waals surface area (Å²) in [7, 11) is 0. The van der Waals surface area contributed by atoms with Gasteiger partial charge in [0.2, 0.25) is 5.91 Å². The molecule has 27 heavy (non-hydrogen) atoms. The monoisotopic (exact) mass is 405 g/mol. The molecule has 0 bridgehead atoms. The van der Waals surface area contributed by atoms with Crippen molar-refractivity contribution in [3.63, 3.8) is 0 Å². The molecule has 0 saturated carbocycles. The molecule has 142 valence electrons. The zero-order valence-corrected chi connectivity index (χ0v) is 16.7. The van der Waals surface area contributed by atoms with Gasteiger partial charge in [-0.05, 0) is 42.5 Å². The summed E-state index contributed by atoms with van der Waals surface area (Å²) < 4.78 is 15.3. The SMILES string of the molecule is CC[C@H](C)NC(=O)CSc1nc2ccsc2c(=O)n1Cc1ccc(F)cc1. The standard InChI is InChI=1S/C19H20FN3O2S2/c1-3-12(2)21-16(24)11-27-19-22-15-8-9-26-17(15)18(25)23(19)10-13-4-6-14(20)7-5-13/h4-9,12H,3,10-11H2,1-2H3,(H,21,24)/t12-/m0/s1. The topological polar surface area (TPSA) is 64.0 Å². The smallest absolute Gasteiger partial charge is 0.272 e. The molecule has 0 aliphatic carbocycles. The van der Waals surface area contributed by atoms with E-state index >= 15 is 0 Å². The predicted molar refractivity (Wildman–Crippen MR) is 108 cm³/mol. The van der Waals surface area contributed by atoms with Crippen LogP contribution in [0.4, 0.5) is 4.39 Å². The summed E-state index contributed by atoms with van der Waals surface area (Å²) in [5.41, 5.74) is 1.27. The van der Waals surface area contributed by atoms with Crippen LogP contribution in [0.25, 0.3) is 10.2 Å². The van der Waals surface area contributed by atoms with Crippen LogP contribution in [0.1, 0.15) is 25.8 Å². The van der Waals surface area contributed by atoms with E-state index in [0.29, 0.717) is 15.4 Å². The van der Waals surface area contributed by atoms with E-state index in [4.69, 9.17) is 0 Å². The molecule has 0 radical (unpaired) electrons. The van der Waals surface area contributed by atoms with Gasteiger partial charge >= 0.3 is 0 Å². The molecular weight excluding hydrogens is 385 g/mol. The zero-order valence-electron chi connectivity index (χ0n) is 15.1. The minimum Gasteiger partial charge on any atom is -0.353 e. The van der Waals surface area contributed by atoms with Crippen molar-refractivity contribution in [2.45, 2.75) is 38.0 Å². The van der Waals surface area contributed by atoms with Crippen molar-refractivity contribution in [3.8, 4) is 0 Å². The van der Waals surface area contributed by atoms with Crippen LogP contribution in [-0.2, 0) is 11.3 Å². The van der Waals surface area contributed by atoms with E-state index in [9.17, 15) is 14.0 Å². The first kappa shape index (κ1) is 19.6. The lowest BCUT2D eigenvalue weighted by molar-refractivity contribution is -0.119. The zero-order chi connectivity index (χ0) is 19.4. The second kappa shape index (κ2) is 8.67. The summed E-state index contributed by atoms with van der Waals surface area (Å²) in [6.45, 7) is 4.22. The summed E-state index contributed by atoms with van der Waals surface area (Å²) in [6.07, 6.45) is 0.852. The number of carbonyl (C=O) groups is 1. The Morgan fingerprint density at radius 3 is 2.78 bits per heavy atom. The third kappa shape index (κ3) is 4.75. The van der Waals surface area contributed by atoms with Gasteiger partial charge in [0, 0.05) is 6.04 Å². The van der Waals surface area contributed by atoms with Gasteiger partial charge in [0.05, 0.1) is 17.8 Å². The van der Waals surface area contributed by atoms with Crippen LogP contribution < -0.4 is 10.9 Å². The van der Waals surface area contributed by atoms with Crippen molar-refractivity contribution in [1.82, 2.24) is 14.9 Å². The molecule has 1 N–H and O–H groups in total. The molecule has 0 aliphatic rings. The Bertz CT molecular complexity index is 998. The maximum absolute atomic E-state index is 13.2. The number of benzene rings is 1. The number of carbonyl (C=O) groups excluding carboxylic acids is 1. The number of nitrogens with zero attached hydrogens (tertiary/aromatic N) is 2. The first-order valence-corrected chi connectivity index (χ1v) is 10.5. The Balaban J connectivity index is 1.89. The Labute approximate surface area is 164 Å². The van der Waals surface area contributed by atoms with Crippen LogP contribution in [0.15, 0.2) is 45.7 Å². The van der Waals surface area contributed by atoms with E-state index in [1.165, 1.54) is 35.2 Å². The molecule has 0 unspecified atom stereocenters. The lowest BCUT2D eigenvalue weighted by Crippen LogP contribution is -2.33. The number of thiophene rings is 1. The number of amides is 1. The van der Waals surface area contributed by atoms with Gasteiger partial charge in [-0.25, -0.2) is 9.37 Å². The number of rotatable bonds is 7. The average molecular weight is 406 g/mol. The maximum atomic E-state index is 13.2. The molecule has 5 nitrogen and oxygen atoms in total. The van der Waals surface area contributed by atoms with Crippen molar-refractivity contribution in [3.05, 3.63) is 57.4 Å². The van der Waals surface area contributed by atoms with Gasteiger partial charge in [-0.1, -0.05) is 30.8 Å². The molecule has 8 heteroatoms. The van der Waals surface area contributed by atoms with Crippen LogP contribution in [0, 0.1) is 5.82 Å². The fourth-order valence-electron chi connectivity index (χ4n) is 2.49. The molecule has 0 spiro atoms. The summed E-state index contributed by atoms with van der Waals surface area (Å²) in [4.78, 5) is 29.6. The molecular formula is C19H20FN3O2S2. The third-order valence-corrected chi connectivity index (χ3v) is 6.00. The Morgan fingerprint density at radius 1 is 1.33 bits per heavy atom. The number of thioether (sulfide) groups is 1. The molecule has 1 aromatic carbocycles. The lowest BCUT2D eigenvalue weighted by atomic mass is 10.2. The first-order valence-electron chi connectivity index (χ1n) is 8.62. The van der Waals surface area contributed by atoms with Gasteiger partial charge in [0.25, 0.3) is 5.56 Å². The fourth-order valence-corrected chi connectivity index (χ4v) is 4.08. The number of hydrogen-bond acceptors (Lipinski definition) is 5. The van der Waals surface area contributed by atoms with Crippen molar-refractivity contribution in [2.24, 2.45) is 0 Å². The van der Waals surface area contributed by atoms with Gasteiger partial charge in [-0.2, -0.15) is 0 Å². The Hall–Kier alpha value is -2.19. The highest BCUT2D eigenvalue weighted by molar-refractivity contribution is 7.99. The molecule has 1 amide bonds. The molecule has 2 aromatic heterocycles.